The van der Waals surface area contributed by atoms with E-state index in [1.54, 1.807) is 0 Å². The van der Waals surface area contributed by atoms with E-state index >= 15 is 0 Å². The summed E-state index contributed by atoms with van der Waals surface area (Å²) in [6.07, 6.45) is 45.9. The van der Waals surface area contributed by atoms with Gasteiger partial charge in [0.05, 0.1) is 26.4 Å². The van der Waals surface area contributed by atoms with E-state index in [4.69, 9.17) is 37.0 Å². The number of hydrogen-bond acceptors (Lipinski definition) is 15. The van der Waals surface area contributed by atoms with E-state index in [-0.39, 0.29) is 25.7 Å². The van der Waals surface area contributed by atoms with Gasteiger partial charge in [-0.2, -0.15) is 0 Å². The van der Waals surface area contributed by atoms with Crippen molar-refractivity contribution in [2.24, 2.45) is 11.8 Å². The Labute approximate surface area is 537 Å². The van der Waals surface area contributed by atoms with Crippen molar-refractivity contribution in [2.45, 2.75) is 368 Å². The van der Waals surface area contributed by atoms with E-state index < -0.39 is 97.5 Å². The first-order valence-corrected chi connectivity index (χ1v) is 39.0. The lowest BCUT2D eigenvalue weighted by Gasteiger charge is -2.21. The van der Waals surface area contributed by atoms with Gasteiger partial charge < -0.3 is 33.8 Å². The van der Waals surface area contributed by atoms with Crippen LogP contribution in [0.5, 0.6) is 0 Å². The van der Waals surface area contributed by atoms with Gasteiger partial charge in [0, 0.05) is 25.7 Å². The minimum absolute atomic E-state index is 0.105. The Morgan fingerprint density at radius 2 is 0.580 bits per heavy atom. The summed E-state index contributed by atoms with van der Waals surface area (Å²) in [7, 11) is -9.89. The number of ether oxygens (including phenoxy) is 4. The van der Waals surface area contributed by atoms with Gasteiger partial charge in [-0.25, -0.2) is 9.13 Å². The quantitative estimate of drug-likeness (QED) is 0.0222. The largest absolute Gasteiger partial charge is 0.472 e. The van der Waals surface area contributed by atoms with Gasteiger partial charge in [-0.1, -0.05) is 298 Å². The van der Waals surface area contributed by atoms with Crippen LogP contribution < -0.4 is 0 Å². The van der Waals surface area contributed by atoms with Crippen LogP contribution in [-0.4, -0.2) is 96.7 Å². The standard InChI is InChI=1S/C69H134O17P2/c1-7-10-12-14-16-26-35-41-47-53-68(73)85-64(57-79-66(71)51-45-39-31-15-13-11-8-2)59-83-87(75,76)81-55-63(70)56-82-88(77,78)84-60-65(58-80-67(72)52-46-40-34-29-25-24-28-33-38-44-50-62(6)9-3)86-69(74)54-48-42-36-30-23-21-19-17-18-20-22-27-32-37-43-49-61(4)5/h61-65,70H,7-60H2,1-6H3,(H,75,76)(H,77,78)/t62?,63-,64+,65+/m0/s1. The van der Waals surface area contributed by atoms with Gasteiger partial charge in [0.1, 0.15) is 19.3 Å². The topological polar surface area (TPSA) is 237 Å². The highest BCUT2D eigenvalue weighted by Gasteiger charge is 2.30. The van der Waals surface area contributed by atoms with E-state index in [0.717, 1.165) is 115 Å². The van der Waals surface area contributed by atoms with E-state index in [9.17, 15) is 43.2 Å². The maximum absolute atomic E-state index is 13.0. The molecule has 0 aliphatic rings. The summed E-state index contributed by atoms with van der Waals surface area (Å²) in [6.45, 7) is 9.54. The summed E-state index contributed by atoms with van der Waals surface area (Å²) in [6, 6.07) is 0. The van der Waals surface area contributed by atoms with Gasteiger partial charge in [0.25, 0.3) is 0 Å². The molecule has 0 saturated heterocycles. The number of carbonyl (C=O) groups excluding carboxylic acids is 4. The molecule has 3 unspecified atom stereocenters. The fraction of sp³-hybridized carbons (Fsp3) is 0.942. The van der Waals surface area contributed by atoms with Gasteiger partial charge in [-0.15, -0.1) is 0 Å². The monoisotopic (exact) mass is 1300 g/mol. The number of rotatable bonds is 68. The molecular weight excluding hydrogens is 1160 g/mol. The maximum Gasteiger partial charge on any atom is 0.472 e. The second-order valence-corrected chi connectivity index (χ2v) is 28.5. The summed E-state index contributed by atoms with van der Waals surface area (Å²) in [5.74, 6) is -0.519. The van der Waals surface area contributed by atoms with Crippen LogP contribution in [0.2, 0.25) is 0 Å². The third-order valence-electron chi connectivity index (χ3n) is 16.3. The lowest BCUT2D eigenvalue weighted by Crippen LogP contribution is -2.30. The Morgan fingerprint density at radius 1 is 0.330 bits per heavy atom. The molecule has 0 aliphatic heterocycles. The average molecular weight is 1300 g/mol. The fourth-order valence-corrected chi connectivity index (χ4v) is 12.0. The number of phosphoric ester groups is 2. The molecule has 0 aliphatic carbocycles. The molecule has 0 heterocycles. The van der Waals surface area contributed by atoms with Crippen LogP contribution >= 0.6 is 15.6 Å². The summed E-state index contributed by atoms with van der Waals surface area (Å²) in [5.41, 5.74) is 0. The van der Waals surface area contributed by atoms with Crippen LogP contribution in [-0.2, 0) is 65.4 Å². The number of phosphoric acid groups is 2. The molecule has 3 N–H and O–H groups in total. The van der Waals surface area contributed by atoms with Gasteiger partial charge in [-0.3, -0.25) is 37.3 Å². The summed E-state index contributed by atoms with van der Waals surface area (Å²) in [5, 5.41) is 10.6. The zero-order valence-corrected chi connectivity index (χ0v) is 58.8. The zero-order chi connectivity index (χ0) is 65.0. The number of esters is 4. The average Bonchev–Trinajstić information content (AvgIpc) is 3.69. The number of aliphatic hydroxyl groups excluding tert-OH is 1. The molecule has 0 radical (unpaired) electrons. The second kappa shape index (κ2) is 61.3. The molecule has 0 aromatic carbocycles. The summed E-state index contributed by atoms with van der Waals surface area (Å²) in [4.78, 5) is 72.3. The third-order valence-corrected chi connectivity index (χ3v) is 18.2. The maximum atomic E-state index is 13.0. The molecule has 88 heavy (non-hydrogen) atoms. The van der Waals surface area contributed by atoms with Crippen LogP contribution in [0.25, 0.3) is 0 Å². The van der Waals surface area contributed by atoms with Crippen LogP contribution in [0.15, 0.2) is 0 Å². The van der Waals surface area contributed by atoms with E-state index in [1.807, 2.05) is 0 Å². The Morgan fingerprint density at radius 3 is 0.864 bits per heavy atom. The first-order chi connectivity index (χ1) is 42.4. The van der Waals surface area contributed by atoms with Crippen molar-refractivity contribution in [2.75, 3.05) is 39.6 Å². The number of unbranched alkanes of at least 4 members (excludes halogenated alkanes) is 37. The summed E-state index contributed by atoms with van der Waals surface area (Å²) >= 11 is 0. The lowest BCUT2D eigenvalue weighted by atomic mass is 9.99. The highest BCUT2D eigenvalue weighted by molar-refractivity contribution is 7.47. The van der Waals surface area contributed by atoms with Gasteiger partial charge in [0.2, 0.25) is 0 Å². The second-order valence-electron chi connectivity index (χ2n) is 25.6. The van der Waals surface area contributed by atoms with Crippen LogP contribution in [0.4, 0.5) is 0 Å². The first kappa shape index (κ1) is 86.1. The minimum atomic E-state index is -4.95. The number of aliphatic hydroxyl groups is 1. The van der Waals surface area contributed by atoms with Crippen molar-refractivity contribution < 1.29 is 80.2 Å². The fourth-order valence-electron chi connectivity index (χ4n) is 10.4. The molecule has 522 valence electrons. The smallest absolute Gasteiger partial charge is 0.462 e. The van der Waals surface area contributed by atoms with Crippen LogP contribution in [0, 0.1) is 11.8 Å². The van der Waals surface area contributed by atoms with Crippen molar-refractivity contribution in [1.29, 1.82) is 0 Å². The first-order valence-electron chi connectivity index (χ1n) is 36.0. The van der Waals surface area contributed by atoms with Crippen LogP contribution in [0.3, 0.4) is 0 Å². The van der Waals surface area contributed by atoms with Gasteiger partial charge >= 0.3 is 39.5 Å². The highest BCUT2D eigenvalue weighted by Crippen LogP contribution is 2.45. The Balaban J connectivity index is 5.19. The Bertz CT molecular complexity index is 1720. The SMILES string of the molecule is CCCCCCCCCCCC(=O)O[C@H](COC(=O)CCCCCCCCC)COP(=O)(O)OC[C@H](O)COP(=O)(O)OC[C@@H](COC(=O)CCCCCCCCCCCCC(C)CC)OC(=O)CCCCCCCCCCCCCCCCCC(C)C. The molecular formula is C69H134O17P2. The molecule has 17 nitrogen and oxygen atoms in total. The van der Waals surface area contributed by atoms with Gasteiger partial charge in [0.15, 0.2) is 12.2 Å². The van der Waals surface area contributed by atoms with Gasteiger partial charge in [-0.05, 0) is 37.5 Å². The lowest BCUT2D eigenvalue weighted by molar-refractivity contribution is -0.161. The molecule has 0 spiro atoms. The van der Waals surface area contributed by atoms with Crippen LogP contribution in [0.1, 0.15) is 350 Å². The molecule has 0 aromatic heterocycles. The van der Waals surface area contributed by atoms with E-state index in [2.05, 4.69) is 41.5 Å². The Kier molecular flexibility index (Phi) is 59.9. The molecule has 0 rings (SSSR count). The molecule has 0 fully saturated rings. The number of carbonyl (C=O) groups is 4. The van der Waals surface area contributed by atoms with Crippen molar-refractivity contribution in [1.82, 2.24) is 0 Å². The van der Waals surface area contributed by atoms with Crippen molar-refractivity contribution in [3.63, 3.8) is 0 Å². The predicted octanol–water partition coefficient (Wildman–Crippen LogP) is 19.6. The summed E-state index contributed by atoms with van der Waals surface area (Å²) < 4.78 is 68.1. The molecule has 0 bridgehead atoms. The van der Waals surface area contributed by atoms with E-state index in [1.165, 1.54) is 154 Å². The molecule has 19 heteroatoms. The van der Waals surface area contributed by atoms with E-state index in [0.29, 0.717) is 25.7 Å². The third kappa shape index (κ3) is 61.6. The molecule has 0 aromatic rings. The molecule has 0 amide bonds. The minimum Gasteiger partial charge on any atom is -0.462 e. The highest BCUT2D eigenvalue weighted by atomic mass is 31.2. The van der Waals surface area contributed by atoms with Crippen molar-refractivity contribution >= 4 is 39.5 Å². The Hall–Kier alpha value is -1.94. The van der Waals surface area contributed by atoms with Crippen molar-refractivity contribution in [3.8, 4) is 0 Å². The number of hydrogen-bond donors (Lipinski definition) is 3. The zero-order valence-electron chi connectivity index (χ0n) is 57.0. The molecule has 6 atom stereocenters. The normalized spacial score (nSPS) is 14.5. The predicted molar refractivity (Wildman–Crippen MR) is 354 cm³/mol. The van der Waals surface area contributed by atoms with Crippen molar-refractivity contribution in [3.05, 3.63) is 0 Å². The molecule has 0 saturated carbocycles.